The summed E-state index contributed by atoms with van der Waals surface area (Å²) in [4.78, 5) is 36.6. The van der Waals surface area contributed by atoms with Crippen LogP contribution < -0.4 is 16.0 Å². The summed E-state index contributed by atoms with van der Waals surface area (Å²) in [5, 5.41) is 27.9. The van der Waals surface area contributed by atoms with E-state index < -0.39 is 43.4 Å². The third-order valence-corrected chi connectivity index (χ3v) is 8.48. The molecule has 2 fully saturated rings. The monoisotopic (exact) mass is 491 g/mol. The van der Waals surface area contributed by atoms with E-state index in [9.17, 15) is 29.2 Å². The Bertz CT molecular complexity index is 706. The van der Waals surface area contributed by atoms with Crippen LogP contribution in [0.5, 0.6) is 0 Å². The second kappa shape index (κ2) is 13.3. The molecule has 0 aromatic heterocycles. The van der Waals surface area contributed by atoms with E-state index in [2.05, 4.69) is 16.0 Å². The van der Waals surface area contributed by atoms with E-state index in [-0.39, 0.29) is 31.5 Å². The minimum Gasteiger partial charge on any atom is -0.465 e. The number of carbonyl (C=O) groups is 3. The van der Waals surface area contributed by atoms with Crippen LogP contribution in [0.2, 0.25) is 0 Å². The van der Waals surface area contributed by atoms with Crippen LogP contribution in [0.1, 0.15) is 65.2 Å². The zero-order chi connectivity index (χ0) is 24.4. The molecule has 190 valence electrons. The first-order chi connectivity index (χ1) is 15.7. The van der Waals surface area contributed by atoms with Crippen molar-refractivity contribution in [2.75, 3.05) is 19.8 Å². The minimum absolute atomic E-state index is 0.0177. The fourth-order valence-corrected chi connectivity index (χ4v) is 6.36. The molecule has 0 aromatic carbocycles. The SMILES string of the molecule is CCOP(=O)(OCC)C(O)[C@H](C[C@@H]1CCNC1=O)NC(=O)[C@H](CC1CCCCC1)NC(=O)O. The number of rotatable bonds is 13. The third kappa shape index (κ3) is 8.24. The molecular weight excluding hydrogens is 453 g/mol. The number of hydrogen-bond donors (Lipinski definition) is 5. The molecule has 1 saturated heterocycles. The lowest BCUT2D eigenvalue weighted by Crippen LogP contribution is -2.53. The summed E-state index contributed by atoms with van der Waals surface area (Å²) in [6, 6.07) is -2.16. The van der Waals surface area contributed by atoms with Gasteiger partial charge in [-0.1, -0.05) is 32.1 Å². The molecule has 1 aliphatic heterocycles. The third-order valence-electron chi connectivity index (χ3n) is 6.24. The van der Waals surface area contributed by atoms with Crippen molar-refractivity contribution in [3.63, 3.8) is 0 Å². The van der Waals surface area contributed by atoms with Gasteiger partial charge in [0.05, 0.1) is 19.3 Å². The van der Waals surface area contributed by atoms with Crippen molar-refractivity contribution in [1.29, 1.82) is 0 Å². The largest absolute Gasteiger partial charge is 0.465 e. The van der Waals surface area contributed by atoms with Crippen molar-refractivity contribution in [2.45, 2.75) is 83.1 Å². The number of aliphatic hydroxyl groups is 1. The molecule has 4 atom stereocenters. The fraction of sp³-hybridized carbons (Fsp3) is 0.857. The number of carbonyl (C=O) groups excluding carboxylic acids is 2. The molecule has 0 radical (unpaired) electrons. The zero-order valence-corrected chi connectivity index (χ0v) is 20.4. The van der Waals surface area contributed by atoms with Crippen LogP contribution in [0, 0.1) is 11.8 Å². The van der Waals surface area contributed by atoms with Crippen LogP contribution in [0.25, 0.3) is 0 Å². The van der Waals surface area contributed by atoms with E-state index in [1.807, 2.05) is 0 Å². The molecule has 2 rings (SSSR count). The summed E-state index contributed by atoms with van der Waals surface area (Å²) in [6.07, 6.45) is 4.57. The summed E-state index contributed by atoms with van der Waals surface area (Å²) in [6.45, 7) is 3.72. The van der Waals surface area contributed by atoms with Crippen molar-refractivity contribution >= 4 is 25.5 Å². The zero-order valence-electron chi connectivity index (χ0n) is 19.5. The van der Waals surface area contributed by atoms with Gasteiger partial charge in [-0.15, -0.1) is 0 Å². The van der Waals surface area contributed by atoms with Crippen molar-refractivity contribution < 1.29 is 38.2 Å². The van der Waals surface area contributed by atoms with E-state index in [1.165, 1.54) is 0 Å². The molecule has 0 aromatic rings. The second-order valence-corrected chi connectivity index (χ2v) is 10.8. The van der Waals surface area contributed by atoms with Crippen molar-refractivity contribution in [3.05, 3.63) is 0 Å². The van der Waals surface area contributed by atoms with Gasteiger partial charge in [0.15, 0.2) is 5.85 Å². The molecule has 0 bridgehead atoms. The first-order valence-electron chi connectivity index (χ1n) is 11.8. The Morgan fingerprint density at radius 2 is 1.73 bits per heavy atom. The predicted molar refractivity (Wildman–Crippen MR) is 121 cm³/mol. The highest BCUT2D eigenvalue weighted by molar-refractivity contribution is 7.54. The van der Waals surface area contributed by atoms with E-state index in [0.29, 0.717) is 19.4 Å². The van der Waals surface area contributed by atoms with Crippen LogP contribution in [0.3, 0.4) is 0 Å². The van der Waals surface area contributed by atoms with Crippen molar-refractivity contribution in [3.8, 4) is 0 Å². The Hall–Kier alpha value is -1.68. The van der Waals surface area contributed by atoms with Gasteiger partial charge < -0.3 is 35.2 Å². The van der Waals surface area contributed by atoms with Crippen molar-refractivity contribution in [2.24, 2.45) is 11.8 Å². The molecule has 33 heavy (non-hydrogen) atoms. The van der Waals surface area contributed by atoms with Crippen LogP contribution in [0.4, 0.5) is 4.79 Å². The molecule has 11 nitrogen and oxygen atoms in total. The number of aliphatic hydroxyl groups excluding tert-OH is 1. The average Bonchev–Trinajstić information content (AvgIpc) is 3.17. The Morgan fingerprint density at radius 3 is 2.24 bits per heavy atom. The predicted octanol–water partition coefficient (Wildman–Crippen LogP) is 2.19. The fourth-order valence-electron chi connectivity index (χ4n) is 4.62. The average molecular weight is 492 g/mol. The summed E-state index contributed by atoms with van der Waals surface area (Å²) in [5.74, 6) is -2.85. The maximum absolute atomic E-state index is 13.2. The summed E-state index contributed by atoms with van der Waals surface area (Å²) in [5.41, 5.74) is 0. The topological polar surface area (TPSA) is 163 Å². The molecule has 5 N–H and O–H groups in total. The van der Waals surface area contributed by atoms with Crippen LogP contribution in [-0.4, -0.2) is 65.8 Å². The van der Waals surface area contributed by atoms with Crippen LogP contribution in [-0.2, 0) is 23.2 Å². The number of nitrogens with one attached hydrogen (secondary N) is 3. The van der Waals surface area contributed by atoms with Gasteiger partial charge >= 0.3 is 13.7 Å². The standard InChI is InChI=1S/C21H38N3O8P/c1-3-31-33(30,32-4-2)20(27)17(13-15-10-11-22-18(15)25)23-19(26)16(24-21(28)29)12-14-8-6-5-7-9-14/h14-17,20,24,27H,3-13H2,1-2H3,(H,22,25)(H,23,26)(H,28,29)/t15-,16-,17-,20?/m0/s1. The molecule has 12 heteroatoms. The summed E-state index contributed by atoms with van der Waals surface area (Å²) in [7, 11) is -4.02. The van der Waals surface area contributed by atoms with Gasteiger partial charge in [0.2, 0.25) is 11.8 Å². The van der Waals surface area contributed by atoms with Gasteiger partial charge in [-0.2, -0.15) is 0 Å². The summed E-state index contributed by atoms with van der Waals surface area (Å²) >= 11 is 0. The highest BCUT2D eigenvalue weighted by atomic mass is 31.2. The van der Waals surface area contributed by atoms with E-state index in [0.717, 1.165) is 32.1 Å². The lowest BCUT2D eigenvalue weighted by Gasteiger charge is -2.32. The summed E-state index contributed by atoms with van der Waals surface area (Å²) < 4.78 is 23.7. The maximum Gasteiger partial charge on any atom is 0.405 e. The number of amides is 3. The molecular formula is C21H38N3O8P. The molecule has 1 saturated carbocycles. The molecule has 1 aliphatic carbocycles. The molecule has 1 unspecified atom stereocenters. The first-order valence-corrected chi connectivity index (χ1v) is 13.5. The van der Waals surface area contributed by atoms with Gasteiger partial charge in [-0.25, -0.2) is 4.79 Å². The highest BCUT2D eigenvalue weighted by Gasteiger charge is 2.43. The lowest BCUT2D eigenvalue weighted by atomic mass is 9.84. The van der Waals surface area contributed by atoms with Crippen LogP contribution >= 0.6 is 7.60 Å². The van der Waals surface area contributed by atoms with Gasteiger partial charge in [-0.05, 0) is 39.0 Å². The van der Waals surface area contributed by atoms with E-state index in [4.69, 9.17) is 9.05 Å². The number of hydrogen-bond acceptors (Lipinski definition) is 7. The molecule has 0 spiro atoms. The molecule has 3 amide bonds. The van der Waals surface area contributed by atoms with E-state index in [1.54, 1.807) is 13.8 Å². The molecule has 1 heterocycles. The van der Waals surface area contributed by atoms with Crippen LogP contribution in [0.15, 0.2) is 0 Å². The van der Waals surface area contributed by atoms with E-state index >= 15 is 0 Å². The maximum atomic E-state index is 13.2. The molecule has 2 aliphatic rings. The first kappa shape index (κ1) is 27.6. The second-order valence-electron chi connectivity index (χ2n) is 8.66. The lowest BCUT2D eigenvalue weighted by molar-refractivity contribution is -0.126. The highest BCUT2D eigenvalue weighted by Crippen LogP contribution is 2.53. The smallest absolute Gasteiger partial charge is 0.405 e. The van der Waals surface area contributed by atoms with Crippen molar-refractivity contribution in [1.82, 2.24) is 16.0 Å². The Balaban J connectivity index is 2.21. The Labute approximate surface area is 194 Å². The van der Waals surface area contributed by atoms with Gasteiger partial charge in [0.25, 0.3) is 0 Å². The quantitative estimate of drug-likeness (QED) is 0.245. The Morgan fingerprint density at radius 1 is 1.09 bits per heavy atom. The van der Waals surface area contributed by atoms with Gasteiger partial charge in [0, 0.05) is 12.5 Å². The van der Waals surface area contributed by atoms with Gasteiger partial charge in [-0.3, -0.25) is 14.2 Å². The Kier molecular flexibility index (Phi) is 11.1. The normalized spacial score (nSPS) is 22.3. The minimum atomic E-state index is -4.02. The van der Waals surface area contributed by atoms with Gasteiger partial charge in [0.1, 0.15) is 6.04 Å². The number of carboxylic acid groups (broad SMARTS) is 1.